The maximum Gasteiger partial charge on any atom is 0.310 e. The number of carboxylic acids is 1. The summed E-state index contributed by atoms with van der Waals surface area (Å²) in [5.41, 5.74) is 4.28. The minimum absolute atomic E-state index is 0.0131. The summed E-state index contributed by atoms with van der Waals surface area (Å²) < 4.78 is 0. The molecule has 1 aliphatic heterocycles. The summed E-state index contributed by atoms with van der Waals surface area (Å²) in [5.74, 6) is -1.82. The van der Waals surface area contributed by atoms with Gasteiger partial charge < -0.3 is 15.7 Å². The van der Waals surface area contributed by atoms with E-state index < -0.39 is 17.3 Å². The predicted octanol–water partition coefficient (Wildman–Crippen LogP) is 0.991. The van der Waals surface area contributed by atoms with Crippen molar-refractivity contribution in [3.8, 4) is 0 Å². The van der Waals surface area contributed by atoms with Crippen molar-refractivity contribution in [2.45, 2.75) is 46.0 Å². The summed E-state index contributed by atoms with van der Waals surface area (Å²) in [6.07, 6.45) is 2.25. The summed E-state index contributed by atoms with van der Waals surface area (Å²) >= 11 is 0. The molecule has 1 saturated heterocycles. The topological polar surface area (TPSA) is 101 Å². The molecule has 0 aromatic rings. The Labute approximate surface area is 119 Å². The number of carbonyl (C=O) groups is 3. The second-order valence-electron chi connectivity index (χ2n) is 5.55. The first kappa shape index (κ1) is 16.5. The fraction of sp³-hybridized carbons (Fsp3) is 0.786. The van der Waals surface area contributed by atoms with E-state index in [0.717, 1.165) is 6.42 Å². The van der Waals surface area contributed by atoms with Gasteiger partial charge in [-0.25, -0.2) is 0 Å². The van der Waals surface area contributed by atoms with E-state index >= 15 is 0 Å². The molecular formula is C14H24N2O4. The molecule has 0 spiro atoms. The Hall–Kier alpha value is -1.59. The lowest BCUT2D eigenvalue weighted by atomic mass is 9.78. The van der Waals surface area contributed by atoms with Gasteiger partial charge in [0.1, 0.15) is 0 Å². The quantitative estimate of drug-likeness (QED) is 0.759. The summed E-state index contributed by atoms with van der Waals surface area (Å²) in [7, 11) is 0. The Morgan fingerprint density at radius 1 is 1.30 bits per heavy atom. The van der Waals surface area contributed by atoms with Gasteiger partial charge >= 0.3 is 5.97 Å². The zero-order chi connectivity index (χ0) is 15.3. The monoisotopic (exact) mass is 284 g/mol. The smallest absolute Gasteiger partial charge is 0.310 e. The molecule has 1 rings (SSSR count). The Kier molecular flexibility index (Phi) is 5.53. The lowest BCUT2D eigenvalue weighted by Crippen LogP contribution is -2.46. The van der Waals surface area contributed by atoms with Crippen molar-refractivity contribution in [2.75, 3.05) is 13.1 Å². The zero-order valence-electron chi connectivity index (χ0n) is 12.2. The van der Waals surface area contributed by atoms with Gasteiger partial charge in [-0.05, 0) is 25.7 Å². The Balaban J connectivity index is 2.74. The number of hydrogen-bond acceptors (Lipinski definition) is 3. The number of rotatable bonds is 6. The molecule has 3 N–H and O–H groups in total. The largest absolute Gasteiger partial charge is 0.481 e. The molecule has 0 aromatic heterocycles. The van der Waals surface area contributed by atoms with Gasteiger partial charge in [-0.3, -0.25) is 14.4 Å². The number of aliphatic carboxylic acids is 1. The van der Waals surface area contributed by atoms with E-state index in [1.807, 2.05) is 0 Å². The molecule has 0 aliphatic carbocycles. The number of hydrogen-bond donors (Lipinski definition) is 2. The molecule has 1 fully saturated rings. The molecule has 0 bridgehead atoms. The number of piperidine rings is 1. The number of carbonyl (C=O) groups excluding carboxylic acids is 2. The van der Waals surface area contributed by atoms with Crippen LogP contribution < -0.4 is 5.73 Å². The molecule has 0 aromatic carbocycles. The van der Waals surface area contributed by atoms with Crippen molar-refractivity contribution in [2.24, 2.45) is 17.1 Å². The first-order valence-electron chi connectivity index (χ1n) is 7.16. The standard InChI is InChI=1S/C14H24N2O4/c1-3-14(4-2,13(19)20)8-11(17)16-7-5-6-10(9-16)12(15)18/h10H,3-9H2,1-2H3,(H2,15,18)(H,19,20). The summed E-state index contributed by atoms with van der Waals surface area (Å²) in [4.78, 5) is 36.5. The highest BCUT2D eigenvalue weighted by Crippen LogP contribution is 2.32. The van der Waals surface area contributed by atoms with Gasteiger partial charge in [0, 0.05) is 19.5 Å². The molecular weight excluding hydrogens is 260 g/mol. The first-order chi connectivity index (χ1) is 9.36. The molecule has 6 nitrogen and oxygen atoms in total. The van der Waals surface area contributed by atoms with Crippen LogP contribution in [0.4, 0.5) is 0 Å². The van der Waals surface area contributed by atoms with Crippen molar-refractivity contribution >= 4 is 17.8 Å². The molecule has 1 aliphatic rings. The van der Waals surface area contributed by atoms with Crippen molar-refractivity contribution in [3.63, 3.8) is 0 Å². The predicted molar refractivity (Wildman–Crippen MR) is 73.8 cm³/mol. The van der Waals surface area contributed by atoms with Crippen LogP contribution in [0.1, 0.15) is 46.0 Å². The molecule has 114 valence electrons. The zero-order valence-corrected chi connectivity index (χ0v) is 12.2. The third-order valence-electron chi connectivity index (χ3n) is 4.47. The average molecular weight is 284 g/mol. The summed E-state index contributed by atoms with van der Waals surface area (Å²) in [5, 5.41) is 9.37. The first-order valence-corrected chi connectivity index (χ1v) is 7.16. The van der Waals surface area contributed by atoms with Crippen LogP contribution in [0.25, 0.3) is 0 Å². The molecule has 20 heavy (non-hydrogen) atoms. The van der Waals surface area contributed by atoms with Crippen LogP contribution in [0.3, 0.4) is 0 Å². The van der Waals surface area contributed by atoms with Crippen LogP contribution in [-0.4, -0.2) is 40.9 Å². The lowest BCUT2D eigenvalue weighted by Gasteiger charge is -2.34. The lowest BCUT2D eigenvalue weighted by molar-refractivity contribution is -0.155. The van der Waals surface area contributed by atoms with Crippen molar-refractivity contribution < 1.29 is 19.5 Å². The van der Waals surface area contributed by atoms with E-state index in [1.165, 1.54) is 0 Å². The van der Waals surface area contributed by atoms with Gasteiger partial charge in [0.05, 0.1) is 11.3 Å². The van der Waals surface area contributed by atoms with Crippen LogP contribution in [0, 0.1) is 11.3 Å². The number of primary amides is 1. The number of nitrogens with zero attached hydrogens (tertiary/aromatic N) is 1. The maximum absolute atomic E-state index is 12.3. The van der Waals surface area contributed by atoms with Crippen LogP contribution in [0.5, 0.6) is 0 Å². The highest BCUT2D eigenvalue weighted by Gasteiger charge is 2.39. The van der Waals surface area contributed by atoms with Gasteiger partial charge in [-0.15, -0.1) is 0 Å². The molecule has 1 unspecified atom stereocenters. The van der Waals surface area contributed by atoms with Crippen molar-refractivity contribution in [3.05, 3.63) is 0 Å². The van der Waals surface area contributed by atoms with E-state index in [0.29, 0.717) is 32.4 Å². The number of amides is 2. The van der Waals surface area contributed by atoms with Gasteiger partial charge in [0.2, 0.25) is 11.8 Å². The normalized spacial score (nSPS) is 19.7. The van der Waals surface area contributed by atoms with Gasteiger partial charge in [-0.2, -0.15) is 0 Å². The molecule has 1 atom stereocenters. The third kappa shape index (κ3) is 3.49. The second-order valence-corrected chi connectivity index (χ2v) is 5.55. The summed E-state index contributed by atoms with van der Waals surface area (Å²) in [6, 6.07) is 0. The minimum Gasteiger partial charge on any atom is -0.481 e. The van der Waals surface area contributed by atoms with Gasteiger partial charge in [0.15, 0.2) is 0 Å². The SMILES string of the molecule is CCC(CC)(CC(=O)N1CCCC(C(N)=O)C1)C(=O)O. The van der Waals surface area contributed by atoms with E-state index in [-0.39, 0.29) is 18.2 Å². The van der Waals surface area contributed by atoms with Crippen LogP contribution >= 0.6 is 0 Å². The molecule has 1 heterocycles. The number of carboxylic acid groups (broad SMARTS) is 1. The molecule has 0 saturated carbocycles. The second kappa shape index (κ2) is 6.72. The highest BCUT2D eigenvalue weighted by atomic mass is 16.4. The fourth-order valence-electron chi connectivity index (χ4n) is 2.72. The van der Waals surface area contributed by atoms with Crippen LogP contribution in [0.15, 0.2) is 0 Å². The molecule has 2 amide bonds. The number of nitrogens with two attached hydrogens (primary N) is 1. The Bertz CT molecular complexity index is 391. The minimum atomic E-state index is -1.00. The number of likely N-dealkylation sites (tertiary alicyclic amines) is 1. The van der Waals surface area contributed by atoms with Crippen LogP contribution in [0.2, 0.25) is 0 Å². The maximum atomic E-state index is 12.3. The highest BCUT2D eigenvalue weighted by molar-refractivity contribution is 5.85. The fourth-order valence-corrected chi connectivity index (χ4v) is 2.72. The van der Waals surface area contributed by atoms with E-state index in [2.05, 4.69) is 0 Å². The Morgan fingerprint density at radius 3 is 2.35 bits per heavy atom. The Morgan fingerprint density at radius 2 is 1.90 bits per heavy atom. The average Bonchev–Trinajstić information content (AvgIpc) is 2.44. The van der Waals surface area contributed by atoms with E-state index in [4.69, 9.17) is 5.73 Å². The van der Waals surface area contributed by atoms with Gasteiger partial charge in [0.25, 0.3) is 0 Å². The van der Waals surface area contributed by atoms with E-state index in [1.54, 1.807) is 18.7 Å². The van der Waals surface area contributed by atoms with E-state index in [9.17, 15) is 19.5 Å². The summed E-state index contributed by atoms with van der Waals surface area (Å²) in [6.45, 7) is 4.46. The van der Waals surface area contributed by atoms with Crippen LogP contribution in [-0.2, 0) is 14.4 Å². The molecule has 0 radical (unpaired) electrons. The molecule has 6 heteroatoms. The third-order valence-corrected chi connectivity index (χ3v) is 4.47. The van der Waals surface area contributed by atoms with Crippen molar-refractivity contribution in [1.29, 1.82) is 0 Å². The van der Waals surface area contributed by atoms with Crippen molar-refractivity contribution in [1.82, 2.24) is 4.90 Å². The van der Waals surface area contributed by atoms with Gasteiger partial charge in [-0.1, -0.05) is 13.8 Å².